The minimum atomic E-state index is -0.409. The molecule has 20 heavy (non-hydrogen) atoms. The number of piperidine rings is 1. The molecule has 1 aliphatic rings. The Morgan fingerprint density at radius 1 is 1.45 bits per heavy atom. The second-order valence-corrected chi connectivity index (χ2v) is 5.75. The first-order valence-corrected chi connectivity index (χ1v) is 7.65. The van der Waals surface area contributed by atoms with Crippen molar-refractivity contribution >= 4 is 5.91 Å². The number of aryl methyl sites for hydroxylation is 1. The van der Waals surface area contributed by atoms with E-state index in [4.69, 9.17) is 4.74 Å². The van der Waals surface area contributed by atoms with Crippen molar-refractivity contribution in [2.75, 3.05) is 13.1 Å². The van der Waals surface area contributed by atoms with Gasteiger partial charge in [0.05, 0.1) is 0 Å². The molecule has 0 radical (unpaired) electrons. The van der Waals surface area contributed by atoms with Crippen molar-refractivity contribution < 1.29 is 9.53 Å². The summed E-state index contributed by atoms with van der Waals surface area (Å²) in [7, 11) is 0. The fourth-order valence-electron chi connectivity index (χ4n) is 2.80. The Balaban J connectivity index is 2.00. The van der Waals surface area contributed by atoms with E-state index >= 15 is 0 Å². The van der Waals surface area contributed by atoms with Crippen LogP contribution < -0.4 is 4.74 Å². The number of ether oxygens (including phenoxy) is 1. The SMILES string of the molecule is CCc1ccccc1O[C@H](C)C(=O)N1CCC[C@H](C)C1. The van der Waals surface area contributed by atoms with Crippen molar-refractivity contribution in [2.24, 2.45) is 5.92 Å². The van der Waals surface area contributed by atoms with Gasteiger partial charge < -0.3 is 9.64 Å². The van der Waals surface area contributed by atoms with Gasteiger partial charge in [-0.2, -0.15) is 0 Å². The van der Waals surface area contributed by atoms with Crippen LogP contribution in [0.5, 0.6) is 5.75 Å². The van der Waals surface area contributed by atoms with Gasteiger partial charge in [0, 0.05) is 13.1 Å². The molecule has 3 heteroatoms. The number of nitrogens with zero attached hydrogens (tertiary/aromatic N) is 1. The predicted molar refractivity (Wildman–Crippen MR) is 80.9 cm³/mol. The summed E-state index contributed by atoms with van der Waals surface area (Å²) >= 11 is 0. The molecule has 1 heterocycles. The molecule has 1 saturated heterocycles. The Labute approximate surface area is 121 Å². The van der Waals surface area contributed by atoms with Gasteiger partial charge in [-0.3, -0.25) is 4.79 Å². The van der Waals surface area contributed by atoms with E-state index in [1.807, 2.05) is 30.0 Å². The van der Waals surface area contributed by atoms with Crippen molar-refractivity contribution in [1.82, 2.24) is 4.90 Å². The highest BCUT2D eigenvalue weighted by Crippen LogP contribution is 2.21. The molecule has 1 fully saturated rings. The van der Waals surface area contributed by atoms with E-state index in [0.717, 1.165) is 37.2 Å². The molecule has 0 aliphatic carbocycles. The van der Waals surface area contributed by atoms with Crippen molar-refractivity contribution in [2.45, 2.75) is 46.1 Å². The Kier molecular flexibility index (Phi) is 5.05. The summed E-state index contributed by atoms with van der Waals surface area (Å²) < 4.78 is 5.90. The van der Waals surface area contributed by atoms with Gasteiger partial charge in [0.15, 0.2) is 6.10 Å². The molecular weight excluding hydrogens is 250 g/mol. The Hall–Kier alpha value is -1.51. The van der Waals surface area contributed by atoms with Crippen LogP contribution in [0.1, 0.15) is 39.2 Å². The standard InChI is InChI=1S/C17H25NO2/c1-4-15-9-5-6-10-16(15)20-14(3)17(19)18-11-7-8-13(2)12-18/h5-6,9-10,13-14H,4,7-8,11-12H2,1-3H3/t13-,14+/m0/s1. The third-order valence-corrected chi connectivity index (χ3v) is 3.97. The molecule has 0 unspecified atom stereocenters. The summed E-state index contributed by atoms with van der Waals surface area (Å²) in [6.45, 7) is 7.89. The summed E-state index contributed by atoms with van der Waals surface area (Å²) in [6, 6.07) is 7.95. The van der Waals surface area contributed by atoms with E-state index in [9.17, 15) is 4.79 Å². The lowest BCUT2D eigenvalue weighted by molar-refractivity contribution is -0.139. The summed E-state index contributed by atoms with van der Waals surface area (Å²) in [5, 5.41) is 0. The highest BCUT2D eigenvalue weighted by Gasteiger charge is 2.26. The monoisotopic (exact) mass is 275 g/mol. The van der Waals surface area contributed by atoms with Crippen LogP contribution in [0.25, 0.3) is 0 Å². The topological polar surface area (TPSA) is 29.5 Å². The predicted octanol–water partition coefficient (Wildman–Crippen LogP) is 3.27. The zero-order valence-corrected chi connectivity index (χ0v) is 12.8. The second-order valence-electron chi connectivity index (χ2n) is 5.75. The summed E-state index contributed by atoms with van der Waals surface area (Å²) in [5.74, 6) is 1.55. The Bertz CT molecular complexity index is 458. The lowest BCUT2D eigenvalue weighted by Crippen LogP contribution is -2.45. The third-order valence-electron chi connectivity index (χ3n) is 3.97. The quantitative estimate of drug-likeness (QED) is 0.844. The largest absolute Gasteiger partial charge is 0.481 e. The fraction of sp³-hybridized carbons (Fsp3) is 0.588. The number of benzene rings is 1. The van der Waals surface area contributed by atoms with Crippen LogP contribution in [0, 0.1) is 5.92 Å². The lowest BCUT2D eigenvalue weighted by Gasteiger charge is -2.32. The van der Waals surface area contributed by atoms with Crippen LogP contribution >= 0.6 is 0 Å². The number of hydrogen-bond acceptors (Lipinski definition) is 2. The number of rotatable bonds is 4. The van der Waals surface area contributed by atoms with Crippen molar-refractivity contribution in [3.63, 3.8) is 0 Å². The van der Waals surface area contributed by atoms with Crippen LogP contribution in [-0.4, -0.2) is 30.0 Å². The van der Waals surface area contributed by atoms with Gasteiger partial charge in [-0.15, -0.1) is 0 Å². The number of carbonyl (C=O) groups excluding carboxylic acids is 1. The fourth-order valence-corrected chi connectivity index (χ4v) is 2.80. The molecule has 0 spiro atoms. The first kappa shape index (κ1) is 14.9. The van der Waals surface area contributed by atoms with Gasteiger partial charge in [-0.05, 0) is 43.7 Å². The molecule has 3 nitrogen and oxygen atoms in total. The summed E-state index contributed by atoms with van der Waals surface area (Å²) in [6.07, 6.45) is 2.83. The molecule has 2 atom stereocenters. The maximum Gasteiger partial charge on any atom is 0.263 e. The van der Waals surface area contributed by atoms with Crippen molar-refractivity contribution in [1.29, 1.82) is 0 Å². The van der Waals surface area contributed by atoms with E-state index in [1.54, 1.807) is 0 Å². The molecule has 1 aliphatic heterocycles. The van der Waals surface area contributed by atoms with Gasteiger partial charge in [0.25, 0.3) is 5.91 Å². The molecule has 0 saturated carbocycles. The molecule has 0 N–H and O–H groups in total. The smallest absolute Gasteiger partial charge is 0.263 e. The highest BCUT2D eigenvalue weighted by atomic mass is 16.5. The maximum atomic E-state index is 12.4. The average molecular weight is 275 g/mol. The molecule has 0 bridgehead atoms. The highest BCUT2D eigenvalue weighted by molar-refractivity contribution is 5.81. The third kappa shape index (κ3) is 3.53. The lowest BCUT2D eigenvalue weighted by atomic mass is 10.00. The van der Waals surface area contributed by atoms with E-state index in [-0.39, 0.29) is 5.91 Å². The number of para-hydroxylation sites is 1. The van der Waals surface area contributed by atoms with Crippen LogP contribution in [0.15, 0.2) is 24.3 Å². The van der Waals surface area contributed by atoms with Crippen molar-refractivity contribution in [3.8, 4) is 5.75 Å². The van der Waals surface area contributed by atoms with E-state index in [0.29, 0.717) is 5.92 Å². The number of likely N-dealkylation sites (tertiary alicyclic amines) is 1. The molecule has 1 amide bonds. The van der Waals surface area contributed by atoms with E-state index in [1.165, 1.54) is 6.42 Å². The first-order chi connectivity index (χ1) is 9.61. The van der Waals surface area contributed by atoms with Gasteiger partial charge >= 0.3 is 0 Å². The normalized spacial score (nSPS) is 20.6. The molecule has 110 valence electrons. The number of carbonyl (C=O) groups is 1. The van der Waals surface area contributed by atoms with E-state index < -0.39 is 6.10 Å². The van der Waals surface area contributed by atoms with Crippen LogP contribution in [0.2, 0.25) is 0 Å². The zero-order valence-electron chi connectivity index (χ0n) is 12.8. The Morgan fingerprint density at radius 3 is 2.90 bits per heavy atom. The van der Waals surface area contributed by atoms with Crippen LogP contribution in [-0.2, 0) is 11.2 Å². The molecular formula is C17H25NO2. The zero-order chi connectivity index (χ0) is 14.5. The number of hydrogen-bond donors (Lipinski definition) is 0. The molecule has 1 aromatic carbocycles. The van der Waals surface area contributed by atoms with Crippen LogP contribution in [0.3, 0.4) is 0 Å². The minimum absolute atomic E-state index is 0.113. The summed E-state index contributed by atoms with van der Waals surface area (Å²) in [5.41, 5.74) is 1.15. The van der Waals surface area contributed by atoms with Gasteiger partial charge in [-0.1, -0.05) is 32.0 Å². The van der Waals surface area contributed by atoms with E-state index in [2.05, 4.69) is 19.9 Å². The molecule has 0 aromatic heterocycles. The van der Waals surface area contributed by atoms with Gasteiger partial charge in [0.1, 0.15) is 5.75 Å². The first-order valence-electron chi connectivity index (χ1n) is 7.65. The molecule has 2 rings (SSSR count). The minimum Gasteiger partial charge on any atom is -0.481 e. The second kappa shape index (κ2) is 6.78. The average Bonchev–Trinajstić information content (AvgIpc) is 2.47. The van der Waals surface area contributed by atoms with Crippen molar-refractivity contribution in [3.05, 3.63) is 29.8 Å². The van der Waals surface area contributed by atoms with Gasteiger partial charge in [-0.25, -0.2) is 0 Å². The maximum absolute atomic E-state index is 12.4. The number of amides is 1. The van der Waals surface area contributed by atoms with Crippen LogP contribution in [0.4, 0.5) is 0 Å². The Morgan fingerprint density at radius 2 is 2.20 bits per heavy atom. The summed E-state index contributed by atoms with van der Waals surface area (Å²) in [4.78, 5) is 14.4. The molecule has 1 aromatic rings. The van der Waals surface area contributed by atoms with Gasteiger partial charge in [0.2, 0.25) is 0 Å².